The van der Waals surface area contributed by atoms with Gasteiger partial charge < -0.3 is 19.8 Å². The standard InChI is InChI=1S/C30H59N2O6P/c1-6-8-10-12-13-14-15-16-17-18-20-21-23-29(33)28(31-30(34)24-22-19-11-9-7-2)27-38-39(35,36)37-26-25-32(3,4)5/h16-17,21,23,28-29,33H,6-15,18-20,22,24-27H2,1-5H3,(H-,31,34,35,36)/p+1/b17-16+,23-21+. The number of phosphoric acid groups is 1. The van der Waals surface area contributed by atoms with Crippen molar-refractivity contribution in [2.45, 2.75) is 122 Å². The lowest BCUT2D eigenvalue weighted by Crippen LogP contribution is -2.45. The summed E-state index contributed by atoms with van der Waals surface area (Å²) >= 11 is 0. The van der Waals surface area contributed by atoms with Crippen LogP contribution in [0.2, 0.25) is 0 Å². The Morgan fingerprint density at radius 1 is 0.846 bits per heavy atom. The molecule has 0 radical (unpaired) electrons. The molecule has 0 heterocycles. The van der Waals surface area contributed by atoms with E-state index in [1.165, 1.54) is 38.5 Å². The van der Waals surface area contributed by atoms with E-state index in [0.717, 1.165) is 51.4 Å². The van der Waals surface area contributed by atoms with Crippen LogP contribution in [0.4, 0.5) is 0 Å². The van der Waals surface area contributed by atoms with Crippen LogP contribution < -0.4 is 5.32 Å². The number of nitrogens with zero attached hydrogens (tertiary/aromatic N) is 1. The van der Waals surface area contributed by atoms with Crippen LogP contribution in [-0.2, 0) is 18.4 Å². The van der Waals surface area contributed by atoms with Crippen LogP contribution in [0.1, 0.15) is 110 Å². The lowest BCUT2D eigenvalue weighted by atomic mass is 10.1. The third-order valence-corrected chi connectivity index (χ3v) is 7.41. The number of nitrogens with one attached hydrogen (secondary N) is 1. The van der Waals surface area contributed by atoms with E-state index in [1.54, 1.807) is 6.08 Å². The number of carbonyl (C=O) groups excluding carboxylic acids is 1. The molecule has 0 aliphatic heterocycles. The second-order valence-electron chi connectivity index (χ2n) is 11.5. The molecule has 0 saturated carbocycles. The summed E-state index contributed by atoms with van der Waals surface area (Å²) in [6.07, 6.45) is 22.8. The molecule has 0 saturated heterocycles. The predicted octanol–water partition coefficient (Wildman–Crippen LogP) is 6.68. The van der Waals surface area contributed by atoms with Crippen LogP contribution in [0.15, 0.2) is 24.3 Å². The van der Waals surface area contributed by atoms with E-state index in [2.05, 4.69) is 31.3 Å². The van der Waals surface area contributed by atoms with E-state index in [1.807, 2.05) is 27.2 Å². The Balaban J connectivity index is 4.70. The van der Waals surface area contributed by atoms with Gasteiger partial charge >= 0.3 is 7.82 Å². The van der Waals surface area contributed by atoms with Gasteiger partial charge in [-0.25, -0.2) is 4.57 Å². The molecule has 9 heteroatoms. The van der Waals surface area contributed by atoms with Crippen molar-refractivity contribution in [1.29, 1.82) is 0 Å². The summed E-state index contributed by atoms with van der Waals surface area (Å²) in [5, 5.41) is 13.5. The van der Waals surface area contributed by atoms with Crippen molar-refractivity contribution < 1.29 is 32.9 Å². The van der Waals surface area contributed by atoms with E-state index in [-0.39, 0.29) is 19.1 Å². The van der Waals surface area contributed by atoms with E-state index in [9.17, 15) is 19.4 Å². The van der Waals surface area contributed by atoms with Crippen LogP contribution in [0.3, 0.4) is 0 Å². The van der Waals surface area contributed by atoms with Gasteiger partial charge in [-0.3, -0.25) is 13.8 Å². The number of unbranched alkanes of at least 4 members (excludes halogenated alkanes) is 11. The molecule has 0 spiro atoms. The quantitative estimate of drug-likeness (QED) is 0.0460. The van der Waals surface area contributed by atoms with Crippen molar-refractivity contribution in [3.63, 3.8) is 0 Å². The number of hydrogen-bond donors (Lipinski definition) is 3. The molecule has 0 aromatic carbocycles. The number of aliphatic hydroxyl groups is 1. The van der Waals surface area contributed by atoms with Crippen LogP contribution in [0.5, 0.6) is 0 Å². The number of rotatable bonds is 26. The maximum Gasteiger partial charge on any atom is 0.472 e. The van der Waals surface area contributed by atoms with Crippen LogP contribution >= 0.6 is 7.82 Å². The molecular formula is C30H60N2O6P+. The highest BCUT2D eigenvalue weighted by molar-refractivity contribution is 7.47. The number of quaternary nitrogens is 1. The minimum absolute atomic E-state index is 0.0564. The molecule has 0 bridgehead atoms. The number of hydrogen-bond acceptors (Lipinski definition) is 5. The topological polar surface area (TPSA) is 105 Å². The molecule has 1 amide bonds. The van der Waals surface area contributed by atoms with Gasteiger partial charge in [-0.1, -0.05) is 95.9 Å². The summed E-state index contributed by atoms with van der Waals surface area (Å²) in [5.74, 6) is -0.205. The number of carbonyl (C=O) groups is 1. The number of aliphatic hydroxyl groups excluding tert-OH is 1. The van der Waals surface area contributed by atoms with Crippen molar-refractivity contribution in [3.05, 3.63) is 24.3 Å². The Labute approximate surface area is 239 Å². The third-order valence-electron chi connectivity index (χ3n) is 6.42. The van der Waals surface area contributed by atoms with Gasteiger partial charge in [0, 0.05) is 6.42 Å². The molecule has 3 N–H and O–H groups in total. The number of likely N-dealkylation sites (N-methyl/N-ethyl adjacent to an activating group) is 1. The van der Waals surface area contributed by atoms with Crippen molar-refractivity contribution in [2.75, 3.05) is 40.9 Å². The molecule has 0 rings (SSSR count). The van der Waals surface area contributed by atoms with Crippen LogP contribution in [-0.4, -0.2) is 73.4 Å². The summed E-state index contributed by atoms with van der Waals surface area (Å²) < 4.78 is 23.2. The Bertz CT molecular complexity index is 708. The summed E-state index contributed by atoms with van der Waals surface area (Å²) in [6.45, 7) is 4.63. The van der Waals surface area contributed by atoms with Crippen molar-refractivity contribution in [2.24, 2.45) is 0 Å². The highest BCUT2D eigenvalue weighted by atomic mass is 31.2. The van der Waals surface area contributed by atoms with Gasteiger partial charge in [0.2, 0.25) is 5.91 Å². The molecule has 0 aliphatic rings. The molecule has 3 unspecified atom stereocenters. The SMILES string of the molecule is CCCCCCCC/C=C/CC/C=C/C(O)C(COP(=O)(O)OCC[N+](C)(C)C)NC(=O)CCCCCCC. The lowest BCUT2D eigenvalue weighted by Gasteiger charge is -2.25. The molecule has 8 nitrogen and oxygen atoms in total. The van der Waals surface area contributed by atoms with Gasteiger partial charge in [-0.2, -0.15) is 0 Å². The van der Waals surface area contributed by atoms with E-state index < -0.39 is 20.0 Å². The molecule has 0 aromatic heterocycles. The monoisotopic (exact) mass is 575 g/mol. The van der Waals surface area contributed by atoms with E-state index in [4.69, 9.17) is 9.05 Å². The summed E-state index contributed by atoms with van der Waals surface area (Å²) in [6, 6.07) is -0.852. The highest BCUT2D eigenvalue weighted by Crippen LogP contribution is 2.43. The molecule has 39 heavy (non-hydrogen) atoms. The fourth-order valence-corrected chi connectivity index (χ4v) is 4.61. The maximum absolute atomic E-state index is 12.5. The Morgan fingerprint density at radius 2 is 1.41 bits per heavy atom. The first-order valence-corrected chi connectivity index (χ1v) is 16.7. The predicted molar refractivity (Wildman–Crippen MR) is 161 cm³/mol. The van der Waals surface area contributed by atoms with Gasteiger partial charge in [-0.05, 0) is 32.1 Å². The van der Waals surface area contributed by atoms with Gasteiger partial charge in [-0.15, -0.1) is 0 Å². The van der Waals surface area contributed by atoms with Crippen LogP contribution in [0, 0.1) is 0 Å². The average Bonchev–Trinajstić information content (AvgIpc) is 2.86. The Morgan fingerprint density at radius 3 is 2.05 bits per heavy atom. The Hall–Kier alpha value is -1.02. The normalized spacial score (nSPS) is 15.6. The zero-order valence-corrected chi connectivity index (χ0v) is 26.5. The van der Waals surface area contributed by atoms with Gasteiger partial charge in [0.15, 0.2) is 0 Å². The zero-order valence-electron chi connectivity index (χ0n) is 25.6. The number of phosphoric ester groups is 1. The molecule has 0 fully saturated rings. The smallest absolute Gasteiger partial charge is 0.387 e. The summed E-state index contributed by atoms with van der Waals surface area (Å²) in [7, 11) is 1.54. The van der Waals surface area contributed by atoms with Gasteiger partial charge in [0.1, 0.15) is 13.2 Å². The lowest BCUT2D eigenvalue weighted by molar-refractivity contribution is -0.870. The minimum atomic E-state index is -4.31. The largest absolute Gasteiger partial charge is 0.472 e. The second-order valence-corrected chi connectivity index (χ2v) is 12.9. The van der Waals surface area contributed by atoms with E-state index >= 15 is 0 Å². The fourth-order valence-electron chi connectivity index (χ4n) is 3.88. The highest BCUT2D eigenvalue weighted by Gasteiger charge is 2.27. The second kappa shape index (κ2) is 23.7. The number of allylic oxidation sites excluding steroid dienone is 3. The Kier molecular flexibility index (Phi) is 23.0. The maximum atomic E-state index is 12.5. The van der Waals surface area contributed by atoms with E-state index in [0.29, 0.717) is 17.4 Å². The molecule has 230 valence electrons. The summed E-state index contributed by atoms with van der Waals surface area (Å²) in [5.41, 5.74) is 0. The minimum Gasteiger partial charge on any atom is -0.387 e. The zero-order chi connectivity index (χ0) is 29.4. The fraction of sp³-hybridized carbons (Fsp3) is 0.833. The summed E-state index contributed by atoms with van der Waals surface area (Å²) in [4.78, 5) is 22.6. The average molecular weight is 576 g/mol. The first kappa shape index (κ1) is 38.0. The van der Waals surface area contributed by atoms with Crippen molar-refractivity contribution in [1.82, 2.24) is 5.32 Å². The van der Waals surface area contributed by atoms with Crippen molar-refractivity contribution in [3.8, 4) is 0 Å². The number of amides is 1. The molecular weight excluding hydrogens is 515 g/mol. The van der Waals surface area contributed by atoms with Gasteiger partial charge in [0.25, 0.3) is 0 Å². The molecule has 0 aliphatic carbocycles. The molecule has 3 atom stereocenters. The first-order chi connectivity index (χ1) is 18.5. The van der Waals surface area contributed by atoms with Crippen molar-refractivity contribution >= 4 is 13.7 Å². The van der Waals surface area contributed by atoms with Crippen LogP contribution in [0.25, 0.3) is 0 Å². The first-order valence-electron chi connectivity index (χ1n) is 15.2. The molecule has 0 aromatic rings. The van der Waals surface area contributed by atoms with Gasteiger partial charge in [0.05, 0.1) is 39.9 Å². The third kappa shape index (κ3) is 25.7.